The lowest BCUT2D eigenvalue weighted by Gasteiger charge is -2.21. The number of rotatable bonds is 11. The molecule has 0 saturated heterocycles. The number of hydrogen-bond acceptors (Lipinski definition) is 5. The molecule has 2 aromatic rings. The Morgan fingerprint density at radius 1 is 1.29 bits per heavy atom. The van der Waals surface area contributed by atoms with Crippen molar-refractivity contribution in [3.05, 3.63) is 78.1 Å². The summed E-state index contributed by atoms with van der Waals surface area (Å²) in [6.45, 7) is 4.66. The van der Waals surface area contributed by atoms with Gasteiger partial charge in [0.1, 0.15) is 18.2 Å². The first-order chi connectivity index (χ1) is 15.1. The first-order valence-electron chi connectivity index (χ1n) is 10.3. The minimum atomic E-state index is -1.09. The van der Waals surface area contributed by atoms with E-state index in [1.165, 1.54) is 6.07 Å². The average Bonchev–Trinajstić information content (AvgIpc) is 3.21. The fourth-order valence-electron chi connectivity index (χ4n) is 3.27. The predicted octanol–water partition coefficient (Wildman–Crippen LogP) is 3.04. The molecule has 6 nitrogen and oxygen atoms in total. The Morgan fingerprint density at radius 3 is 2.77 bits per heavy atom. The number of halogens is 1. The molecule has 0 aliphatic carbocycles. The zero-order chi connectivity index (χ0) is 22.1. The van der Waals surface area contributed by atoms with Gasteiger partial charge in [-0.2, -0.15) is 0 Å². The van der Waals surface area contributed by atoms with E-state index < -0.39 is 5.54 Å². The van der Waals surface area contributed by atoms with Gasteiger partial charge in [0.05, 0.1) is 6.61 Å². The fraction of sp³-hybridized carbons (Fsp3) is 0.333. The van der Waals surface area contributed by atoms with Gasteiger partial charge in [0, 0.05) is 31.6 Å². The van der Waals surface area contributed by atoms with E-state index in [0.29, 0.717) is 49.6 Å². The number of nitrogens with one attached hydrogen (secondary N) is 1. The van der Waals surface area contributed by atoms with Crippen molar-refractivity contribution in [1.82, 2.24) is 5.32 Å². The minimum Gasteiger partial charge on any atom is -0.494 e. The summed E-state index contributed by atoms with van der Waals surface area (Å²) in [6.07, 6.45) is 2.92. The van der Waals surface area contributed by atoms with E-state index in [1.807, 2.05) is 12.1 Å². The summed E-state index contributed by atoms with van der Waals surface area (Å²) in [4.78, 5) is 17.5. The molecular formula is C24H27FN2O4. The van der Waals surface area contributed by atoms with Crippen molar-refractivity contribution in [2.24, 2.45) is 4.99 Å². The monoisotopic (exact) mass is 426 g/mol. The van der Waals surface area contributed by atoms with Crippen LogP contribution >= 0.6 is 0 Å². The Kier molecular flexibility index (Phi) is 7.78. The number of aliphatic imine (C=N–C) groups is 1. The fourth-order valence-corrected chi connectivity index (χ4v) is 3.27. The molecule has 0 fully saturated rings. The van der Waals surface area contributed by atoms with Crippen LogP contribution in [0.3, 0.4) is 0 Å². The molecule has 0 bridgehead atoms. The van der Waals surface area contributed by atoms with Crippen molar-refractivity contribution >= 4 is 11.8 Å². The molecule has 164 valence electrons. The van der Waals surface area contributed by atoms with Gasteiger partial charge in [0.25, 0.3) is 5.91 Å². The number of nitrogens with zero attached hydrogens (tertiary/aromatic N) is 1. The number of ether oxygens (including phenoxy) is 2. The van der Waals surface area contributed by atoms with E-state index in [9.17, 15) is 9.18 Å². The standard InChI is InChI=1S/C24H27FN2O4/c1-2-13-24(23(29)26-14-12-18-6-3-4-7-21(18)25)17-31-22(27-24)19-8-10-20(11-9-19)30-16-5-15-28/h2-4,6-11,28H,1,5,12-17H2,(H,26,29)/t24-/m1/s1. The highest BCUT2D eigenvalue weighted by Crippen LogP contribution is 2.27. The number of aliphatic hydroxyl groups is 1. The van der Waals surface area contributed by atoms with Crippen LogP contribution in [0.15, 0.2) is 66.2 Å². The van der Waals surface area contributed by atoms with Crippen LogP contribution in [0.2, 0.25) is 0 Å². The number of amides is 1. The Labute approximate surface area is 181 Å². The molecule has 1 aliphatic heterocycles. The molecule has 2 aromatic carbocycles. The van der Waals surface area contributed by atoms with Crippen molar-refractivity contribution in [2.45, 2.75) is 24.8 Å². The van der Waals surface area contributed by atoms with E-state index in [4.69, 9.17) is 14.6 Å². The third kappa shape index (κ3) is 5.70. The van der Waals surface area contributed by atoms with Crippen molar-refractivity contribution in [3.8, 4) is 5.75 Å². The molecule has 1 heterocycles. The van der Waals surface area contributed by atoms with Gasteiger partial charge in [0.15, 0.2) is 5.54 Å². The first kappa shape index (κ1) is 22.5. The minimum absolute atomic E-state index is 0.0798. The number of carbonyl (C=O) groups excluding carboxylic acids is 1. The van der Waals surface area contributed by atoms with Gasteiger partial charge >= 0.3 is 0 Å². The van der Waals surface area contributed by atoms with Crippen LogP contribution in [0.4, 0.5) is 4.39 Å². The molecule has 3 rings (SSSR count). The molecule has 0 spiro atoms. The smallest absolute Gasteiger partial charge is 0.251 e. The summed E-state index contributed by atoms with van der Waals surface area (Å²) in [5, 5.41) is 11.7. The molecule has 2 N–H and O–H groups in total. The third-order valence-electron chi connectivity index (χ3n) is 4.98. The summed E-state index contributed by atoms with van der Waals surface area (Å²) in [5.41, 5.74) is 0.191. The van der Waals surface area contributed by atoms with E-state index in [2.05, 4.69) is 16.9 Å². The topological polar surface area (TPSA) is 80.2 Å². The molecular weight excluding hydrogens is 399 g/mol. The molecule has 0 saturated carbocycles. The van der Waals surface area contributed by atoms with Gasteiger partial charge in [-0.1, -0.05) is 24.3 Å². The van der Waals surface area contributed by atoms with Gasteiger partial charge in [-0.25, -0.2) is 9.38 Å². The molecule has 1 aliphatic rings. The highest BCUT2D eigenvalue weighted by Gasteiger charge is 2.43. The lowest BCUT2D eigenvalue weighted by molar-refractivity contribution is -0.126. The van der Waals surface area contributed by atoms with E-state index in [1.54, 1.807) is 36.4 Å². The zero-order valence-corrected chi connectivity index (χ0v) is 17.4. The van der Waals surface area contributed by atoms with E-state index in [0.717, 1.165) is 5.56 Å². The van der Waals surface area contributed by atoms with Crippen molar-refractivity contribution in [1.29, 1.82) is 0 Å². The van der Waals surface area contributed by atoms with E-state index >= 15 is 0 Å². The highest BCUT2D eigenvalue weighted by atomic mass is 19.1. The second-order valence-electron chi connectivity index (χ2n) is 7.28. The van der Waals surface area contributed by atoms with Gasteiger partial charge < -0.3 is 19.9 Å². The van der Waals surface area contributed by atoms with Crippen LogP contribution in [0.5, 0.6) is 5.75 Å². The van der Waals surface area contributed by atoms with Crippen molar-refractivity contribution in [2.75, 3.05) is 26.4 Å². The third-order valence-corrected chi connectivity index (χ3v) is 4.98. The lowest BCUT2D eigenvalue weighted by Crippen LogP contribution is -2.47. The number of carbonyl (C=O) groups is 1. The Bertz CT molecular complexity index is 929. The molecule has 0 aromatic heterocycles. The van der Waals surface area contributed by atoms with Crippen LogP contribution < -0.4 is 10.1 Å². The van der Waals surface area contributed by atoms with Crippen molar-refractivity contribution in [3.63, 3.8) is 0 Å². The van der Waals surface area contributed by atoms with Gasteiger partial charge in [-0.15, -0.1) is 6.58 Å². The summed E-state index contributed by atoms with van der Waals surface area (Å²) < 4.78 is 25.1. The summed E-state index contributed by atoms with van der Waals surface area (Å²) in [6, 6.07) is 13.7. The predicted molar refractivity (Wildman–Crippen MR) is 117 cm³/mol. The normalized spacial score (nSPS) is 17.5. The Morgan fingerprint density at radius 2 is 2.06 bits per heavy atom. The van der Waals surface area contributed by atoms with Crippen LogP contribution in [-0.2, 0) is 16.0 Å². The van der Waals surface area contributed by atoms with E-state index in [-0.39, 0.29) is 24.9 Å². The Balaban J connectivity index is 1.65. The molecule has 0 unspecified atom stereocenters. The second-order valence-corrected chi connectivity index (χ2v) is 7.28. The van der Waals surface area contributed by atoms with Gasteiger partial charge in [-0.3, -0.25) is 4.79 Å². The molecule has 31 heavy (non-hydrogen) atoms. The molecule has 0 radical (unpaired) electrons. The second kappa shape index (κ2) is 10.7. The molecule has 1 atom stereocenters. The summed E-state index contributed by atoms with van der Waals surface area (Å²) in [5.74, 6) is 0.501. The largest absolute Gasteiger partial charge is 0.494 e. The van der Waals surface area contributed by atoms with Crippen LogP contribution in [0.1, 0.15) is 24.0 Å². The molecule has 7 heteroatoms. The van der Waals surface area contributed by atoms with Gasteiger partial charge in [0.2, 0.25) is 5.90 Å². The highest BCUT2D eigenvalue weighted by molar-refractivity contribution is 6.00. The van der Waals surface area contributed by atoms with Crippen molar-refractivity contribution < 1.29 is 23.8 Å². The lowest BCUT2D eigenvalue weighted by atomic mass is 9.96. The maximum atomic E-state index is 13.8. The summed E-state index contributed by atoms with van der Waals surface area (Å²) in [7, 11) is 0. The SMILES string of the molecule is C=CC[C@]1(C(=O)NCCc2ccccc2F)COC(c2ccc(OCCCO)cc2)=N1. The maximum Gasteiger partial charge on any atom is 0.251 e. The number of hydrogen-bond donors (Lipinski definition) is 2. The maximum absolute atomic E-state index is 13.8. The number of benzene rings is 2. The number of aliphatic hydroxyl groups excluding tert-OH is 1. The van der Waals surface area contributed by atoms with Crippen LogP contribution in [-0.4, -0.2) is 48.8 Å². The average molecular weight is 426 g/mol. The summed E-state index contributed by atoms with van der Waals surface area (Å²) >= 11 is 0. The molecule has 1 amide bonds. The van der Waals surface area contributed by atoms with Crippen LogP contribution in [0, 0.1) is 5.82 Å². The zero-order valence-electron chi connectivity index (χ0n) is 17.4. The quantitative estimate of drug-likeness (QED) is 0.428. The van der Waals surface area contributed by atoms with Crippen LogP contribution in [0.25, 0.3) is 0 Å². The first-order valence-corrected chi connectivity index (χ1v) is 10.3. The van der Waals surface area contributed by atoms with Gasteiger partial charge in [-0.05, 0) is 42.3 Å². The Hall–Kier alpha value is -3.19.